The van der Waals surface area contributed by atoms with Crippen LogP contribution in [0.4, 0.5) is 75.4 Å². The molecule has 41 heavy (non-hydrogen) atoms. The van der Waals surface area contributed by atoms with E-state index in [1.807, 2.05) is 0 Å². The number of hydrogen-bond acceptors (Lipinski definition) is 0. The van der Waals surface area contributed by atoms with Crippen molar-refractivity contribution in [3.05, 3.63) is 119 Å². The molecule has 0 aromatic heterocycles. The Balaban J connectivity index is 2.46. The molecule has 0 unspecified atom stereocenters. The van der Waals surface area contributed by atoms with Gasteiger partial charge < -0.3 is 0 Å². The molecule has 4 aromatic carbocycles. The smallest absolute Gasteiger partial charge is 0.192 e. The number of nitrogens with zero attached hydrogens (tertiary/aromatic N) is 1. The van der Waals surface area contributed by atoms with Crippen molar-refractivity contribution in [2.45, 2.75) is 24.7 Å². The van der Waals surface area contributed by atoms with Crippen molar-refractivity contribution in [3.8, 4) is 0 Å². The van der Waals surface area contributed by atoms with Crippen molar-refractivity contribution in [2.75, 3.05) is 0 Å². The predicted molar refractivity (Wildman–Crippen MR) is 127 cm³/mol. The minimum Gasteiger partial charge on any atom is -0.192 e. The van der Waals surface area contributed by atoms with Crippen LogP contribution in [-0.2, 0) is 24.7 Å². The molecule has 0 atom stereocenters. The summed E-state index contributed by atoms with van der Waals surface area (Å²) in [5, 5.41) is 0. The summed E-state index contributed by atoms with van der Waals surface area (Å²) in [4.78, 5) is 0. The summed E-state index contributed by atoms with van der Waals surface area (Å²) in [6.07, 6.45) is -21.6. The third-order valence-corrected chi connectivity index (χ3v) is 6.28. The second kappa shape index (κ2) is 10.1. The van der Waals surface area contributed by atoms with Crippen molar-refractivity contribution in [1.82, 2.24) is 4.48 Å². The van der Waals surface area contributed by atoms with Crippen LogP contribution < -0.4 is 4.48 Å². The molecular weight excluding hydrogens is 578 g/mol. The van der Waals surface area contributed by atoms with E-state index in [1.165, 1.54) is 0 Å². The number of para-hydroxylation sites is 4. The first-order chi connectivity index (χ1) is 18.9. The molecule has 0 fully saturated rings. The number of quaternary nitrogens is 1. The summed E-state index contributed by atoms with van der Waals surface area (Å²) in [6.45, 7) is 0. The van der Waals surface area contributed by atoms with Gasteiger partial charge in [0.05, 0.1) is 0 Å². The maximum atomic E-state index is 14.5. The summed E-state index contributed by atoms with van der Waals surface area (Å²) in [5.41, 5.74) is -12.2. The van der Waals surface area contributed by atoms with Gasteiger partial charge in [-0.3, -0.25) is 0 Å². The van der Waals surface area contributed by atoms with Gasteiger partial charge in [0.2, 0.25) is 0 Å². The fraction of sp³-hybridized carbons (Fsp3) is 0.143. The highest BCUT2D eigenvalue weighted by Gasteiger charge is 2.56. The van der Waals surface area contributed by atoms with Gasteiger partial charge in [0, 0.05) is 24.3 Å². The van der Waals surface area contributed by atoms with Gasteiger partial charge in [0.15, 0.2) is 22.7 Å². The van der Waals surface area contributed by atoms with Gasteiger partial charge in [-0.05, 0) is 24.3 Å². The van der Waals surface area contributed by atoms with Crippen molar-refractivity contribution >= 4 is 22.7 Å². The number of rotatable bonds is 4. The Morgan fingerprint density at radius 2 is 0.463 bits per heavy atom. The molecule has 4 rings (SSSR count). The predicted octanol–water partition coefficient (Wildman–Crippen LogP) is 11.1. The highest BCUT2D eigenvalue weighted by atomic mass is 19.4. The fourth-order valence-electron chi connectivity index (χ4n) is 4.80. The molecule has 0 aliphatic carbocycles. The zero-order chi connectivity index (χ0) is 30.4. The standard InChI is InChI=1S/C28H16F12N/c29-25(30,31)17-9-1-5-13-21(17)41(22-14-6-2-10-18(22)26(32,33)34,23-15-7-3-11-19(23)27(35,36)37)24-16-8-4-12-20(24)28(38,39)40/h1-16H/q+1. The first kappa shape index (κ1) is 30.0. The zero-order valence-electron chi connectivity index (χ0n) is 20.2. The van der Waals surface area contributed by atoms with E-state index in [1.54, 1.807) is 0 Å². The van der Waals surface area contributed by atoms with Crippen LogP contribution in [0.1, 0.15) is 22.3 Å². The van der Waals surface area contributed by atoms with Crippen molar-refractivity contribution in [1.29, 1.82) is 0 Å². The molecule has 13 heteroatoms. The van der Waals surface area contributed by atoms with E-state index < -0.39 is 74.2 Å². The maximum absolute atomic E-state index is 14.5. The molecule has 0 heterocycles. The summed E-state index contributed by atoms with van der Waals surface area (Å²) < 4.78 is 171. The molecule has 0 spiro atoms. The molecule has 0 N–H and O–H groups in total. The third kappa shape index (κ3) is 5.37. The van der Waals surface area contributed by atoms with Gasteiger partial charge in [0.25, 0.3) is 0 Å². The molecule has 1 nitrogen and oxygen atoms in total. The zero-order valence-corrected chi connectivity index (χ0v) is 20.2. The summed E-state index contributed by atoms with van der Waals surface area (Å²) in [7, 11) is 0. The number of hydrogen-bond donors (Lipinski definition) is 0. The van der Waals surface area contributed by atoms with Crippen LogP contribution in [-0.4, -0.2) is 0 Å². The first-order valence-corrected chi connectivity index (χ1v) is 11.5. The minimum atomic E-state index is -5.41. The van der Waals surface area contributed by atoms with Crippen molar-refractivity contribution < 1.29 is 52.7 Å². The lowest BCUT2D eigenvalue weighted by molar-refractivity contribution is -0.138. The average molecular weight is 594 g/mol. The molecule has 0 saturated carbocycles. The molecule has 216 valence electrons. The second-order valence-corrected chi connectivity index (χ2v) is 8.73. The molecular formula is C28H16F12N+. The highest BCUT2D eigenvalue weighted by molar-refractivity contribution is 5.87. The second-order valence-electron chi connectivity index (χ2n) is 8.73. The van der Waals surface area contributed by atoms with Gasteiger partial charge in [-0.1, -0.05) is 48.5 Å². The van der Waals surface area contributed by atoms with E-state index >= 15 is 0 Å². The Kier molecular flexibility index (Phi) is 7.40. The van der Waals surface area contributed by atoms with Crippen LogP contribution in [0.25, 0.3) is 0 Å². The Morgan fingerprint density at radius 3 is 0.634 bits per heavy atom. The van der Waals surface area contributed by atoms with Crippen LogP contribution >= 0.6 is 0 Å². The van der Waals surface area contributed by atoms with Gasteiger partial charge in [0.1, 0.15) is 22.3 Å². The van der Waals surface area contributed by atoms with E-state index in [2.05, 4.69) is 0 Å². The fourth-order valence-corrected chi connectivity index (χ4v) is 4.80. The molecule has 0 aliphatic rings. The van der Waals surface area contributed by atoms with Crippen LogP contribution in [0.2, 0.25) is 0 Å². The average Bonchev–Trinajstić information content (AvgIpc) is 2.88. The Hall–Kier alpha value is -4.00. The van der Waals surface area contributed by atoms with Crippen molar-refractivity contribution in [2.24, 2.45) is 0 Å². The topological polar surface area (TPSA) is 0 Å². The van der Waals surface area contributed by atoms with E-state index in [0.29, 0.717) is 48.5 Å². The van der Waals surface area contributed by atoms with E-state index in [9.17, 15) is 52.7 Å². The molecule has 0 aliphatic heterocycles. The lowest BCUT2D eigenvalue weighted by Crippen LogP contribution is -2.40. The summed E-state index contributed by atoms with van der Waals surface area (Å²) >= 11 is 0. The van der Waals surface area contributed by atoms with Gasteiger partial charge in [-0.2, -0.15) is 57.2 Å². The Labute approximate surface area is 224 Å². The van der Waals surface area contributed by atoms with E-state index in [0.717, 1.165) is 48.5 Å². The van der Waals surface area contributed by atoms with Gasteiger partial charge >= 0.3 is 24.7 Å². The monoisotopic (exact) mass is 594 g/mol. The molecule has 0 saturated heterocycles. The normalized spacial score (nSPS) is 13.4. The van der Waals surface area contributed by atoms with Crippen LogP contribution in [0.3, 0.4) is 0 Å². The van der Waals surface area contributed by atoms with Crippen LogP contribution in [0, 0.1) is 0 Å². The van der Waals surface area contributed by atoms with Crippen molar-refractivity contribution in [3.63, 3.8) is 0 Å². The largest absolute Gasteiger partial charge is 0.422 e. The lowest BCUT2D eigenvalue weighted by atomic mass is 9.95. The highest BCUT2D eigenvalue weighted by Crippen LogP contribution is 2.61. The van der Waals surface area contributed by atoms with E-state index in [4.69, 9.17) is 0 Å². The Morgan fingerprint density at radius 1 is 0.293 bits per heavy atom. The molecule has 0 amide bonds. The molecule has 4 aromatic rings. The van der Waals surface area contributed by atoms with Crippen LogP contribution in [0.15, 0.2) is 97.1 Å². The lowest BCUT2D eigenvalue weighted by Gasteiger charge is -2.41. The molecule has 0 bridgehead atoms. The number of benzene rings is 4. The van der Waals surface area contributed by atoms with E-state index in [-0.39, 0.29) is 0 Å². The minimum absolute atomic E-state index is 0.380. The third-order valence-electron chi connectivity index (χ3n) is 6.28. The SMILES string of the molecule is FC(F)(F)c1ccccc1[N+](c1ccccc1C(F)(F)F)(c1ccccc1C(F)(F)F)c1ccccc1C(F)(F)F. The summed E-state index contributed by atoms with van der Waals surface area (Å²) in [6, 6.07) is 10.6. The quantitative estimate of drug-likeness (QED) is 0.163. The summed E-state index contributed by atoms with van der Waals surface area (Å²) in [5.74, 6) is 0. The molecule has 0 radical (unpaired) electrons. The van der Waals surface area contributed by atoms with Gasteiger partial charge in [-0.15, -0.1) is 0 Å². The first-order valence-electron chi connectivity index (χ1n) is 11.5. The number of halogens is 12. The van der Waals surface area contributed by atoms with Crippen LogP contribution in [0.5, 0.6) is 0 Å². The number of alkyl halides is 12. The Bertz CT molecular complexity index is 1310. The maximum Gasteiger partial charge on any atom is 0.422 e. The van der Waals surface area contributed by atoms with Gasteiger partial charge in [-0.25, -0.2) is 0 Å².